The zero-order valence-electron chi connectivity index (χ0n) is 13.4. The molecule has 7 nitrogen and oxygen atoms in total. The Bertz CT molecular complexity index is 818. The second kappa shape index (κ2) is 6.20. The maximum Gasteiger partial charge on any atom is 0.311 e. The van der Waals surface area contributed by atoms with Crippen molar-refractivity contribution in [3.05, 3.63) is 49.5 Å². The van der Waals surface area contributed by atoms with Crippen molar-refractivity contribution in [2.24, 2.45) is 0 Å². The average Bonchev–Trinajstić information content (AvgIpc) is 2.93. The molecule has 0 radical (unpaired) electrons. The molecule has 2 aromatic rings. The zero-order valence-corrected chi connectivity index (χ0v) is 14.2. The molecule has 1 N–H and O–H groups in total. The summed E-state index contributed by atoms with van der Waals surface area (Å²) in [6.45, 7) is 1.94. The Hall–Kier alpha value is -2.48. The molecule has 0 saturated heterocycles. The van der Waals surface area contributed by atoms with Gasteiger partial charge in [-0.05, 0) is 32.3 Å². The molecule has 0 fully saturated rings. The van der Waals surface area contributed by atoms with Gasteiger partial charge < -0.3 is 10.0 Å². The number of aromatic nitrogens is 1. The molecule has 24 heavy (non-hydrogen) atoms. The van der Waals surface area contributed by atoms with Crippen LogP contribution in [0.4, 0.5) is 5.69 Å². The number of phenols is 1. The second-order valence-corrected chi connectivity index (χ2v) is 7.03. The molecular formula is C16H17N3O4S. The van der Waals surface area contributed by atoms with Crippen LogP contribution in [-0.2, 0) is 6.42 Å². The molecule has 0 unspecified atom stereocenters. The van der Waals surface area contributed by atoms with Crippen molar-refractivity contribution in [3.8, 4) is 5.75 Å². The van der Waals surface area contributed by atoms with E-state index < -0.39 is 22.3 Å². The molecule has 0 saturated carbocycles. The number of hydrogen-bond donors (Lipinski definition) is 1. The van der Waals surface area contributed by atoms with Crippen molar-refractivity contribution in [2.75, 3.05) is 7.05 Å². The normalized spacial score (nSPS) is 16.5. The maximum atomic E-state index is 12.8. The van der Waals surface area contributed by atoms with E-state index in [2.05, 4.69) is 4.98 Å². The largest absolute Gasteiger partial charge is 0.502 e. The number of carbonyl (C=O) groups excluding carboxylic acids is 1. The van der Waals surface area contributed by atoms with Crippen LogP contribution in [0.1, 0.15) is 44.8 Å². The van der Waals surface area contributed by atoms with Gasteiger partial charge in [-0.15, -0.1) is 11.3 Å². The third-order valence-corrected chi connectivity index (χ3v) is 5.37. The van der Waals surface area contributed by atoms with Crippen molar-refractivity contribution < 1.29 is 14.8 Å². The number of fused-ring (bicyclic) bond motifs is 1. The van der Waals surface area contributed by atoms with Gasteiger partial charge in [0.2, 0.25) is 5.75 Å². The Balaban J connectivity index is 1.94. The molecule has 1 aromatic carbocycles. The summed E-state index contributed by atoms with van der Waals surface area (Å²) in [5, 5.41) is 22.0. The minimum Gasteiger partial charge on any atom is -0.502 e. The van der Waals surface area contributed by atoms with Crippen molar-refractivity contribution in [1.29, 1.82) is 0 Å². The lowest BCUT2D eigenvalue weighted by Gasteiger charge is -2.30. The Morgan fingerprint density at radius 1 is 1.50 bits per heavy atom. The van der Waals surface area contributed by atoms with Crippen LogP contribution in [0.15, 0.2) is 18.2 Å². The van der Waals surface area contributed by atoms with Crippen molar-refractivity contribution in [3.63, 3.8) is 0 Å². The first kappa shape index (κ1) is 16.4. The van der Waals surface area contributed by atoms with E-state index in [1.807, 2.05) is 6.92 Å². The predicted molar refractivity (Wildman–Crippen MR) is 89.4 cm³/mol. The number of amides is 1. The zero-order chi connectivity index (χ0) is 17.4. The predicted octanol–water partition coefficient (Wildman–Crippen LogP) is 3.21. The third-order valence-electron chi connectivity index (χ3n) is 4.26. The fraction of sp³-hybridized carbons (Fsp3) is 0.375. The molecule has 0 spiro atoms. The van der Waals surface area contributed by atoms with Gasteiger partial charge >= 0.3 is 5.69 Å². The minimum atomic E-state index is -0.697. The maximum absolute atomic E-state index is 12.8. The van der Waals surface area contributed by atoms with Crippen LogP contribution < -0.4 is 0 Å². The smallest absolute Gasteiger partial charge is 0.311 e. The topological polar surface area (TPSA) is 96.6 Å². The molecule has 1 atom stereocenters. The Labute approximate surface area is 142 Å². The number of rotatable bonds is 3. The molecule has 0 bridgehead atoms. The molecule has 1 heterocycles. The minimum absolute atomic E-state index is 0.0555. The SMILES string of the molecule is Cc1nc2c(s1)[C@@H](N(C)C(=O)c1cccc([N+](=O)[O-])c1O)CCC2. The summed E-state index contributed by atoms with van der Waals surface area (Å²) in [7, 11) is 1.66. The molecule has 8 heteroatoms. The van der Waals surface area contributed by atoms with E-state index in [0.717, 1.165) is 34.8 Å². The first-order valence-corrected chi connectivity index (χ1v) is 8.41. The molecule has 0 aliphatic heterocycles. The van der Waals surface area contributed by atoms with Crippen LogP contribution >= 0.6 is 11.3 Å². The number of nitro groups is 1. The van der Waals surface area contributed by atoms with Gasteiger partial charge in [0.1, 0.15) is 0 Å². The molecule has 1 aliphatic rings. The number of thiazole rings is 1. The number of nitro benzene ring substituents is 1. The van der Waals surface area contributed by atoms with Gasteiger partial charge in [0.25, 0.3) is 5.91 Å². The van der Waals surface area contributed by atoms with Crippen LogP contribution in [0.25, 0.3) is 0 Å². The molecule has 3 rings (SSSR count). The summed E-state index contributed by atoms with van der Waals surface area (Å²) < 4.78 is 0. The van der Waals surface area contributed by atoms with Gasteiger partial charge in [0.05, 0.1) is 32.1 Å². The number of phenolic OH excluding ortho intramolecular Hbond substituents is 1. The number of hydrogen-bond acceptors (Lipinski definition) is 6. The quantitative estimate of drug-likeness (QED) is 0.679. The van der Waals surface area contributed by atoms with Gasteiger partial charge in [-0.25, -0.2) is 4.98 Å². The van der Waals surface area contributed by atoms with Gasteiger partial charge in [0.15, 0.2) is 0 Å². The number of aromatic hydroxyl groups is 1. The van der Waals surface area contributed by atoms with E-state index in [4.69, 9.17) is 0 Å². The van der Waals surface area contributed by atoms with Crippen LogP contribution in [0, 0.1) is 17.0 Å². The highest BCUT2D eigenvalue weighted by molar-refractivity contribution is 7.11. The van der Waals surface area contributed by atoms with Crippen molar-refractivity contribution in [1.82, 2.24) is 9.88 Å². The summed E-state index contributed by atoms with van der Waals surface area (Å²) in [6.07, 6.45) is 2.65. The number of aryl methyl sites for hydroxylation is 2. The molecule has 1 amide bonds. The van der Waals surface area contributed by atoms with Gasteiger partial charge in [-0.1, -0.05) is 6.07 Å². The summed E-state index contributed by atoms with van der Waals surface area (Å²) >= 11 is 1.58. The summed E-state index contributed by atoms with van der Waals surface area (Å²) in [5.41, 5.74) is 0.504. The Morgan fingerprint density at radius 3 is 2.96 bits per heavy atom. The molecule has 126 valence electrons. The molecule has 1 aromatic heterocycles. The van der Waals surface area contributed by atoms with E-state index in [9.17, 15) is 20.0 Å². The summed E-state index contributed by atoms with van der Waals surface area (Å²) in [4.78, 5) is 30.2. The monoisotopic (exact) mass is 347 g/mol. The van der Waals surface area contributed by atoms with E-state index in [-0.39, 0.29) is 11.6 Å². The molecule has 1 aliphatic carbocycles. The number of nitrogens with zero attached hydrogens (tertiary/aromatic N) is 3. The first-order chi connectivity index (χ1) is 11.4. The lowest BCUT2D eigenvalue weighted by Crippen LogP contribution is -2.32. The number of carbonyl (C=O) groups is 1. The lowest BCUT2D eigenvalue weighted by atomic mass is 9.96. The van der Waals surface area contributed by atoms with E-state index in [0.29, 0.717) is 0 Å². The van der Waals surface area contributed by atoms with E-state index in [1.165, 1.54) is 18.2 Å². The van der Waals surface area contributed by atoms with E-state index in [1.54, 1.807) is 23.3 Å². The Kier molecular flexibility index (Phi) is 4.23. The fourth-order valence-electron chi connectivity index (χ4n) is 3.07. The summed E-state index contributed by atoms with van der Waals surface area (Å²) in [6, 6.07) is 3.87. The van der Waals surface area contributed by atoms with Gasteiger partial charge in [-0.2, -0.15) is 0 Å². The number of benzene rings is 1. The highest BCUT2D eigenvalue weighted by Gasteiger charge is 2.32. The van der Waals surface area contributed by atoms with Crippen LogP contribution in [-0.4, -0.2) is 32.9 Å². The second-order valence-electron chi connectivity index (χ2n) is 5.80. The van der Waals surface area contributed by atoms with Crippen molar-refractivity contribution in [2.45, 2.75) is 32.2 Å². The number of para-hydroxylation sites is 1. The van der Waals surface area contributed by atoms with Gasteiger partial charge in [-0.3, -0.25) is 14.9 Å². The highest BCUT2D eigenvalue weighted by atomic mass is 32.1. The van der Waals surface area contributed by atoms with Crippen LogP contribution in [0.5, 0.6) is 5.75 Å². The van der Waals surface area contributed by atoms with Gasteiger partial charge in [0, 0.05) is 13.1 Å². The fourth-order valence-corrected chi connectivity index (χ4v) is 4.22. The lowest BCUT2D eigenvalue weighted by molar-refractivity contribution is -0.385. The van der Waals surface area contributed by atoms with E-state index >= 15 is 0 Å². The average molecular weight is 347 g/mol. The Morgan fingerprint density at radius 2 is 2.25 bits per heavy atom. The standard InChI is InChI=1S/C16H17N3O4S/c1-9-17-11-6-4-8-13(15(11)24-9)18(2)16(21)10-5-3-7-12(14(10)20)19(22)23/h3,5,7,13,20H,4,6,8H2,1-2H3/t13-/m0/s1. The van der Waals surface area contributed by atoms with Crippen LogP contribution in [0.2, 0.25) is 0 Å². The molecular weight excluding hydrogens is 330 g/mol. The summed E-state index contributed by atoms with van der Waals surface area (Å²) in [5.74, 6) is -1.02. The van der Waals surface area contributed by atoms with Crippen molar-refractivity contribution >= 4 is 22.9 Å². The third kappa shape index (κ3) is 2.73. The first-order valence-electron chi connectivity index (χ1n) is 7.60. The highest BCUT2D eigenvalue weighted by Crippen LogP contribution is 2.39. The van der Waals surface area contributed by atoms with Crippen LogP contribution in [0.3, 0.4) is 0 Å².